The molecule has 186 valence electrons. The molecule has 1 fully saturated rings. The van der Waals surface area contributed by atoms with Crippen LogP contribution >= 0.6 is 0 Å². The van der Waals surface area contributed by atoms with Crippen molar-refractivity contribution >= 4 is 18.0 Å². The normalized spacial score (nSPS) is 20.3. The van der Waals surface area contributed by atoms with Crippen LogP contribution in [-0.2, 0) is 23.9 Å². The van der Waals surface area contributed by atoms with Crippen LogP contribution in [-0.4, -0.2) is 62.0 Å². The number of benzene rings is 2. The Labute approximate surface area is 199 Å². The van der Waals surface area contributed by atoms with Crippen molar-refractivity contribution in [2.45, 2.75) is 17.9 Å². The molecular weight excluding hydrogens is 466 g/mol. The van der Waals surface area contributed by atoms with Crippen molar-refractivity contribution in [3.05, 3.63) is 59.7 Å². The Kier molecular flexibility index (Phi) is 6.99. The van der Waals surface area contributed by atoms with Crippen LogP contribution in [0.4, 0.5) is 13.6 Å². The Bertz CT molecular complexity index is 1080. The summed E-state index contributed by atoms with van der Waals surface area (Å²) >= 11 is 0. The summed E-state index contributed by atoms with van der Waals surface area (Å²) in [6, 6.07) is 15.6. The molecule has 2 amide bonds. The number of hydroxylamine groups is 1. The van der Waals surface area contributed by atoms with E-state index in [9.17, 15) is 23.2 Å². The molecule has 35 heavy (non-hydrogen) atoms. The summed E-state index contributed by atoms with van der Waals surface area (Å²) < 4.78 is 38.2. The number of alkyl halides is 2. The molecule has 0 spiro atoms. The molecule has 0 radical (unpaired) electrons. The van der Waals surface area contributed by atoms with Gasteiger partial charge in [-0.3, -0.25) is 9.63 Å². The Hall–Kier alpha value is -3.57. The van der Waals surface area contributed by atoms with Gasteiger partial charge in [0, 0.05) is 19.6 Å². The first-order valence-corrected chi connectivity index (χ1v) is 10.9. The van der Waals surface area contributed by atoms with Crippen LogP contribution in [0.25, 0.3) is 11.1 Å². The quantitative estimate of drug-likeness (QED) is 0.438. The number of halogens is 2. The fourth-order valence-electron chi connectivity index (χ4n) is 4.34. The maximum atomic E-state index is 14.1. The summed E-state index contributed by atoms with van der Waals surface area (Å²) in [7, 11) is 1.22. The van der Waals surface area contributed by atoms with E-state index in [1.54, 1.807) is 5.48 Å². The molecule has 11 heteroatoms. The summed E-state index contributed by atoms with van der Waals surface area (Å²) in [6.07, 6.45) is -2.43. The zero-order valence-electron chi connectivity index (χ0n) is 18.7. The number of hydrogen-bond acceptors (Lipinski definition) is 6. The standard InChI is InChI=1S/C24H24F2N2O7/c1-33-12-19(22(30)31)35-28-21(29)20-18(24(20,25)26)10-27-23(32)34-11-17-15-8-4-2-6-13(15)14-7-3-5-9-16(14)17/h2-9,17-20H,10-12H2,1H3,(H,27,32)(H,28,29)(H,30,31)/t18-,19?,20-/m0/s1. The lowest BCUT2D eigenvalue weighted by Crippen LogP contribution is -2.38. The van der Waals surface area contributed by atoms with Crippen molar-refractivity contribution in [1.29, 1.82) is 0 Å². The Morgan fingerprint density at radius 3 is 2.23 bits per heavy atom. The van der Waals surface area contributed by atoms with Gasteiger partial charge in [0.1, 0.15) is 12.5 Å². The minimum atomic E-state index is -3.38. The van der Waals surface area contributed by atoms with Crippen LogP contribution < -0.4 is 10.8 Å². The highest BCUT2D eigenvalue weighted by Gasteiger charge is 2.71. The van der Waals surface area contributed by atoms with Crippen LogP contribution in [0.1, 0.15) is 17.0 Å². The zero-order valence-corrected chi connectivity index (χ0v) is 18.7. The van der Waals surface area contributed by atoms with Gasteiger partial charge in [-0.25, -0.2) is 23.9 Å². The lowest BCUT2D eigenvalue weighted by molar-refractivity contribution is -0.165. The van der Waals surface area contributed by atoms with E-state index in [-0.39, 0.29) is 19.1 Å². The zero-order chi connectivity index (χ0) is 25.2. The summed E-state index contributed by atoms with van der Waals surface area (Å²) in [6.45, 7) is -0.861. The number of carboxylic acid groups (broad SMARTS) is 1. The Morgan fingerprint density at radius 2 is 1.66 bits per heavy atom. The van der Waals surface area contributed by atoms with Crippen molar-refractivity contribution < 1.29 is 42.6 Å². The van der Waals surface area contributed by atoms with Gasteiger partial charge in [-0.2, -0.15) is 0 Å². The number of carbonyl (C=O) groups is 3. The van der Waals surface area contributed by atoms with E-state index >= 15 is 0 Å². The first kappa shape index (κ1) is 24.6. The largest absolute Gasteiger partial charge is 0.479 e. The maximum absolute atomic E-state index is 14.1. The van der Waals surface area contributed by atoms with E-state index in [2.05, 4.69) is 14.9 Å². The molecule has 4 rings (SSSR count). The molecule has 0 heterocycles. The second-order valence-corrected chi connectivity index (χ2v) is 8.33. The second-order valence-electron chi connectivity index (χ2n) is 8.33. The second kappa shape index (κ2) is 9.96. The number of rotatable bonds is 10. The Balaban J connectivity index is 1.28. The van der Waals surface area contributed by atoms with Gasteiger partial charge in [0.25, 0.3) is 11.8 Å². The molecule has 3 atom stereocenters. The first-order chi connectivity index (χ1) is 16.8. The molecule has 1 saturated carbocycles. The van der Waals surface area contributed by atoms with Crippen molar-refractivity contribution in [1.82, 2.24) is 10.8 Å². The minimum Gasteiger partial charge on any atom is -0.479 e. The molecule has 0 aromatic heterocycles. The average Bonchev–Trinajstić information content (AvgIpc) is 3.24. The third-order valence-corrected chi connectivity index (χ3v) is 6.19. The van der Waals surface area contributed by atoms with Gasteiger partial charge in [0.2, 0.25) is 6.10 Å². The number of carboxylic acids is 1. The molecule has 0 aliphatic heterocycles. The van der Waals surface area contributed by atoms with Gasteiger partial charge in [0.15, 0.2) is 0 Å². The fourth-order valence-corrected chi connectivity index (χ4v) is 4.34. The number of nitrogens with one attached hydrogen (secondary N) is 2. The van der Waals surface area contributed by atoms with E-state index < -0.39 is 48.4 Å². The number of ether oxygens (including phenoxy) is 2. The van der Waals surface area contributed by atoms with Crippen LogP contribution in [0.5, 0.6) is 0 Å². The number of alkyl carbamates (subject to hydrolysis) is 1. The highest BCUT2D eigenvalue weighted by Crippen LogP contribution is 2.55. The van der Waals surface area contributed by atoms with E-state index in [1.165, 1.54) is 7.11 Å². The number of methoxy groups -OCH3 is 1. The minimum absolute atomic E-state index is 0.0226. The third kappa shape index (κ3) is 4.96. The first-order valence-electron chi connectivity index (χ1n) is 10.9. The molecule has 0 saturated heterocycles. The van der Waals surface area contributed by atoms with Crippen LogP contribution in [0, 0.1) is 11.8 Å². The smallest absolute Gasteiger partial charge is 0.407 e. The third-order valence-electron chi connectivity index (χ3n) is 6.19. The molecule has 2 aliphatic carbocycles. The topological polar surface area (TPSA) is 123 Å². The average molecular weight is 490 g/mol. The number of hydrogen-bond donors (Lipinski definition) is 3. The van der Waals surface area contributed by atoms with Crippen LogP contribution in [0.2, 0.25) is 0 Å². The van der Waals surface area contributed by atoms with Crippen molar-refractivity contribution in [2.24, 2.45) is 11.8 Å². The maximum Gasteiger partial charge on any atom is 0.407 e. The summed E-state index contributed by atoms with van der Waals surface area (Å²) in [5.41, 5.74) is 5.88. The number of amides is 2. The highest BCUT2D eigenvalue weighted by atomic mass is 19.3. The molecule has 2 aliphatic rings. The fraction of sp³-hybridized carbons (Fsp3) is 0.375. The van der Waals surface area contributed by atoms with Crippen LogP contribution in [0.3, 0.4) is 0 Å². The molecule has 2 aromatic rings. The SMILES string of the molecule is COCC(ONC(=O)[C@@H]1[C@H](CNC(=O)OCC2c3ccccc3-c3ccccc32)C1(F)F)C(=O)O. The molecule has 0 bridgehead atoms. The van der Waals surface area contributed by atoms with Gasteiger partial charge in [-0.1, -0.05) is 48.5 Å². The van der Waals surface area contributed by atoms with E-state index in [0.717, 1.165) is 22.3 Å². The summed E-state index contributed by atoms with van der Waals surface area (Å²) in [5.74, 6) is -9.42. The summed E-state index contributed by atoms with van der Waals surface area (Å²) in [5, 5.41) is 11.2. The van der Waals surface area contributed by atoms with Crippen molar-refractivity contribution in [3.8, 4) is 11.1 Å². The van der Waals surface area contributed by atoms with Gasteiger partial charge in [0.05, 0.1) is 12.5 Å². The predicted molar refractivity (Wildman–Crippen MR) is 118 cm³/mol. The molecule has 2 aromatic carbocycles. The van der Waals surface area contributed by atoms with E-state index in [0.29, 0.717) is 0 Å². The number of carbonyl (C=O) groups excluding carboxylic acids is 2. The van der Waals surface area contributed by atoms with Crippen molar-refractivity contribution in [3.63, 3.8) is 0 Å². The lowest BCUT2D eigenvalue weighted by atomic mass is 9.98. The van der Waals surface area contributed by atoms with Gasteiger partial charge in [-0.05, 0) is 22.3 Å². The number of aliphatic carboxylic acids is 1. The lowest BCUT2D eigenvalue weighted by Gasteiger charge is -2.14. The predicted octanol–water partition coefficient (Wildman–Crippen LogP) is 2.55. The molecule has 3 N–H and O–H groups in total. The molecule has 9 nitrogen and oxygen atoms in total. The van der Waals surface area contributed by atoms with Gasteiger partial charge < -0.3 is 19.9 Å². The molecular formula is C24H24F2N2O7. The number of fused-ring (bicyclic) bond motifs is 3. The molecule has 1 unspecified atom stereocenters. The van der Waals surface area contributed by atoms with Gasteiger partial charge >= 0.3 is 12.1 Å². The Morgan fingerprint density at radius 1 is 1.06 bits per heavy atom. The van der Waals surface area contributed by atoms with Crippen LogP contribution in [0.15, 0.2) is 48.5 Å². The van der Waals surface area contributed by atoms with Crippen molar-refractivity contribution in [2.75, 3.05) is 26.9 Å². The van der Waals surface area contributed by atoms with Gasteiger partial charge in [-0.15, -0.1) is 0 Å². The highest BCUT2D eigenvalue weighted by molar-refractivity contribution is 5.83. The summed E-state index contributed by atoms with van der Waals surface area (Å²) in [4.78, 5) is 39.9. The monoisotopic (exact) mass is 490 g/mol. The van der Waals surface area contributed by atoms with E-state index in [4.69, 9.17) is 9.84 Å². The van der Waals surface area contributed by atoms with E-state index in [1.807, 2.05) is 48.5 Å².